The monoisotopic (exact) mass is 429 g/mol. The number of thiophene rings is 1. The zero-order valence-corrected chi connectivity index (χ0v) is 17.2. The average Bonchev–Trinajstić information content (AvgIpc) is 3.10. The Balaban J connectivity index is 1.59. The van der Waals surface area contributed by atoms with Crippen LogP contribution in [0.3, 0.4) is 0 Å². The Kier molecular flexibility index (Phi) is 4.12. The van der Waals surface area contributed by atoms with Crippen LogP contribution >= 0.6 is 22.9 Å². The number of rotatable bonds is 1. The maximum atomic E-state index is 13.3. The molecule has 5 rings (SSSR count). The first-order valence-electron chi connectivity index (χ1n) is 8.99. The van der Waals surface area contributed by atoms with Crippen LogP contribution in [-0.4, -0.2) is 20.9 Å². The fourth-order valence-electron chi connectivity index (χ4n) is 3.97. The highest BCUT2D eigenvalue weighted by Gasteiger charge is 2.32. The van der Waals surface area contributed by atoms with Crippen LogP contribution in [0.5, 0.6) is 0 Å². The van der Waals surface area contributed by atoms with Crippen LogP contribution in [0.15, 0.2) is 53.4 Å². The number of fused-ring (bicyclic) bond motifs is 4. The van der Waals surface area contributed by atoms with Crippen molar-refractivity contribution in [3.8, 4) is 10.4 Å². The molecular formula is C21H16ClNO3S2. The molecule has 7 heteroatoms. The fraction of sp³-hybridized carbons (Fsp3) is 0.190. The standard InChI is InChI=1S/C21H16ClNO3S2/c22-15-7-8-16-19(11-15)28(25,26)12-14-10-18(27-20(14)16)21(24)23-9-3-5-13-4-1-2-6-17(13)23/h1-2,4,6-8,10-11H,3,5,9,12H2. The molecule has 0 spiro atoms. The summed E-state index contributed by atoms with van der Waals surface area (Å²) in [6.07, 6.45) is 1.89. The second-order valence-corrected chi connectivity index (χ2v) is 10.5. The summed E-state index contributed by atoms with van der Waals surface area (Å²) in [4.78, 5) is 16.7. The summed E-state index contributed by atoms with van der Waals surface area (Å²) in [5.41, 5.74) is 3.44. The summed E-state index contributed by atoms with van der Waals surface area (Å²) >= 11 is 7.38. The minimum absolute atomic E-state index is 0.0699. The number of amides is 1. The second kappa shape index (κ2) is 6.44. The van der Waals surface area contributed by atoms with Crippen molar-refractivity contribution in [2.24, 2.45) is 0 Å². The van der Waals surface area contributed by atoms with Gasteiger partial charge in [0.05, 0.1) is 15.5 Å². The molecule has 28 heavy (non-hydrogen) atoms. The molecule has 2 aliphatic heterocycles. The number of benzene rings is 2. The first kappa shape index (κ1) is 17.9. The predicted molar refractivity (Wildman–Crippen MR) is 112 cm³/mol. The van der Waals surface area contributed by atoms with Gasteiger partial charge in [0, 0.05) is 27.7 Å². The highest BCUT2D eigenvalue weighted by Crippen LogP contribution is 2.44. The molecule has 2 aromatic carbocycles. The van der Waals surface area contributed by atoms with Crippen molar-refractivity contribution in [2.45, 2.75) is 23.5 Å². The number of hydrogen-bond donors (Lipinski definition) is 0. The van der Waals surface area contributed by atoms with Gasteiger partial charge in [-0.25, -0.2) is 8.42 Å². The van der Waals surface area contributed by atoms with Gasteiger partial charge in [-0.3, -0.25) is 4.79 Å². The fourth-order valence-corrected chi connectivity index (χ4v) is 7.14. The van der Waals surface area contributed by atoms with E-state index in [-0.39, 0.29) is 16.6 Å². The Morgan fingerprint density at radius 2 is 1.89 bits per heavy atom. The van der Waals surface area contributed by atoms with E-state index >= 15 is 0 Å². The van der Waals surface area contributed by atoms with Crippen LogP contribution in [0.1, 0.15) is 27.2 Å². The maximum absolute atomic E-state index is 13.3. The van der Waals surface area contributed by atoms with E-state index in [1.807, 2.05) is 23.1 Å². The number of hydrogen-bond acceptors (Lipinski definition) is 4. The molecule has 0 saturated heterocycles. The van der Waals surface area contributed by atoms with Crippen molar-refractivity contribution >= 4 is 44.4 Å². The van der Waals surface area contributed by atoms with E-state index in [1.165, 1.54) is 23.0 Å². The number of nitrogens with zero attached hydrogens (tertiary/aromatic N) is 1. The SMILES string of the molecule is O=C(c1cc2c(s1)-c1ccc(Cl)cc1S(=O)(=O)C2)N1CCCc2ccccc21. The number of aryl methyl sites for hydroxylation is 1. The van der Waals surface area contributed by atoms with Gasteiger partial charge in [0.25, 0.3) is 5.91 Å². The molecule has 4 nitrogen and oxygen atoms in total. The van der Waals surface area contributed by atoms with Crippen molar-refractivity contribution in [3.63, 3.8) is 0 Å². The minimum atomic E-state index is -3.47. The molecule has 3 aromatic rings. The van der Waals surface area contributed by atoms with Crippen molar-refractivity contribution in [3.05, 3.63) is 69.6 Å². The third-order valence-electron chi connectivity index (χ3n) is 5.24. The van der Waals surface area contributed by atoms with E-state index in [9.17, 15) is 13.2 Å². The normalized spacial score (nSPS) is 16.8. The van der Waals surface area contributed by atoms with Crippen molar-refractivity contribution < 1.29 is 13.2 Å². The summed E-state index contributed by atoms with van der Waals surface area (Å²) in [5.74, 6) is -0.171. The van der Waals surface area contributed by atoms with Gasteiger partial charge in [0.1, 0.15) is 0 Å². The van der Waals surface area contributed by atoms with Crippen LogP contribution in [0.25, 0.3) is 10.4 Å². The topological polar surface area (TPSA) is 54.5 Å². The summed E-state index contributed by atoms with van der Waals surface area (Å²) in [6.45, 7) is 0.670. The third kappa shape index (κ3) is 2.79. The van der Waals surface area contributed by atoms with E-state index in [2.05, 4.69) is 6.07 Å². The molecule has 0 unspecified atom stereocenters. The minimum Gasteiger partial charge on any atom is -0.307 e. The van der Waals surface area contributed by atoms with Crippen molar-refractivity contribution in [1.82, 2.24) is 0 Å². The summed E-state index contributed by atoms with van der Waals surface area (Å²) in [7, 11) is -3.47. The Labute approximate surface area is 172 Å². The second-order valence-electron chi connectivity index (χ2n) is 7.05. The largest absolute Gasteiger partial charge is 0.307 e. The summed E-state index contributed by atoms with van der Waals surface area (Å²) < 4.78 is 25.4. The lowest BCUT2D eigenvalue weighted by Gasteiger charge is -2.29. The zero-order chi connectivity index (χ0) is 19.5. The lowest BCUT2D eigenvalue weighted by molar-refractivity contribution is 0.0989. The summed E-state index contributed by atoms with van der Waals surface area (Å²) in [6, 6.07) is 14.6. The smallest absolute Gasteiger partial charge is 0.268 e. The van der Waals surface area contributed by atoms with Gasteiger partial charge in [-0.1, -0.05) is 35.9 Å². The van der Waals surface area contributed by atoms with Crippen LogP contribution in [0, 0.1) is 0 Å². The highest BCUT2D eigenvalue weighted by atomic mass is 35.5. The van der Waals surface area contributed by atoms with Crippen molar-refractivity contribution in [1.29, 1.82) is 0 Å². The average molecular weight is 430 g/mol. The number of carbonyl (C=O) groups excluding carboxylic acids is 1. The van der Waals surface area contributed by atoms with Crippen molar-refractivity contribution in [2.75, 3.05) is 11.4 Å². The number of halogens is 1. The van der Waals surface area contributed by atoms with Crippen LogP contribution in [-0.2, 0) is 22.0 Å². The molecule has 0 N–H and O–H groups in total. The Bertz CT molecular complexity index is 1230. The molecule has 2 aliphatic rings. The molecule has 1 amide bonds. The lowest BCUT2D eigenvalue weighted by atomic mass is 10.0. The molecule has 0 saturated carbocycles. The Hall–Kier alpha value is -2.15. The number of para-hydroxylation sites is 1. The van der Waals surface area contributed by atoms with Gasteiger partial charge in [-0.2, -0.15) is 0 Å². The van der Waals surface area contributed by atoms with Gasteiger partial charge < -0.3 is 4.90 Å². The van der Waals surface area contributed by atoms with Crippen LogP contribution < -0.4 is 4.90 Å². The predicted octanol–water partition coefficient (Wildman–Crippen LogP) is 4.95. The summed E-state index contributed by atoms with van der Waals surface area (Å²) in [5, 5.41) is 0.392. The first-order valence-corrected chi connectivity index (χ1v) is 11.8. The molecule has 0 bridgehead atoms. The van der Waals surface area contributed by atoms with Gasteiger partial charge in [-0.15, -0.1) is 11.3 Å². The highest BCUT2D eigenvalue weighted by molar-refractivity contribution is 7.91. The quantitative estimate of drug-likeness (QED) is 0.550. The molecule has 0 atom stereocenters. The van der Waals surface area contributed by atoms with E-state index in [4.69, 9.17) is 11.6 Å². The van der Waals surface area contributed by atoms with E-state index in [0.717, 1.165) is 23.4 Å². The molecule has 1 aromatic heterocycles. The van der Waals surface area contributed by atoms with Gasteiger partial charge >= 0.3 is 0 Å². The Morgan fingerprint density at radius 3 is 2.75 bits per heavy atom. The van der Waals surface area contributed by atoms with E-state index in [0.29, 0.717) is 27.6 Å². The van der Waals surface area contributed by atoms with Crippen LogP contribution in [0.2, 0.25) is 5.02 Å². The molecule has 0 aliphatic carbocycles. The molecule has 3 heterocycles. The van der Waals surface area contributed by atoms with Gasteiger partial charge in [0.15, 0.2) is 9.84 Å². The maximum Gasteiger partial charge on any atom is 0.268 e. The van der Waals surface area contributed by atoms with Crippen LogP contribution in [0.4, 0.5) is 5.69 Å². The Morgan fingerprint density at radius 1 is 1.07 bits per heavy atom. The number of anilines is 1. The lowest BCUT2D eigenvalue weighted by Crippen LogP contribution is -2.34. The number of sulfone groups is 1. The van der Waals surface area contributed by atoms with E-state index < -0.39 is 9.84 Å². The molecular weight excluding hydrogens is 414 g/mol. The zero-order valence-electron chi connectivity index (χ0n) is 14.8. The van der Waals surface area contributed by atoms with Gasteiger partial charge in [-0.05, 0) is 48.2 Å². The third-order valence-corrected chi connectivity index (χ3v) is 8.38. The van der Waals surface area contributed by atoms with Gasteiger partial charge in [0.2, 0.25) is 0 Å². The van der Waals surface area contributed by atoms with E-state index in [1.54, 1.807) is 18.2 Å². The number of carbonyl (C=O) groups is 1. The molecule has 0 radical (unpaired) electrons. The first-order chi connectivity index (χ1) is 13.4. The molecule has 142 valence electrons. The molecule has 0 fully saturated rings.